The van der Waals surface area contributed by atoms with Crippen molar-refractivity contribution in [2.75, 3.05) is 0 Å². The zero-order valence-electron chi connectivity index (χ0n) is 13.7. The monoisotopic (exact) mass is 273 g/mol. The second-order valence-electron chi connectivity index (χ2n) is 7.02. The molecule has 0 aromatic heterocycles. The fourth-order valence-electron chi connectivity index (χ4n) is 3.27. The normalized spacial score (nSPS) is 25.4. The third-order valence-corrected chi connectivity index (χ3v) is 4.85. The molecule has 1 N–H and O–H groups in total. The fraction of sp³-hybridized carbons (Fsp3) is 0.684. The van der Waals surface area contributed by atoms with Gasteiger partial charge < -0.3 is 5.32 Å². The van der Waals surface area contributed by atoms with Gasteiger partial charge in [-0.05, 0) is 49.1 Å². The van der Waals surface area contributed by atoms with Crippen LogP contribution in [0.5, 0.6) is 0 Å². The van der Waals surface area contributed by atoms with Crippen LogP contribution in [0.4, 0.5) is 0 Å². The maximum atomic E-state index is 3.84. The molecule has 1 fully saturated rings. The highest BCUT2D eigenvalue weighted by atomic mass is 14.9. The largest absolute Gasteiger partial charge is 0.307 e. The average molecular weight is 273 g/mol. The molecular weight excluding hydrogens is 242 g/mol. The topological polar surface area (TPSA) is 12.0 Å². The first-order valence-corrected chi connectivity index (χ1v) is 8.42. The van der Waals surface area contributed by atoms with Crippen molar-refractivity contribution in [1.82, 2.24) is 5.32 Å². The zero-order valence-corrected chi connectivity index (χ0v) is 13.7. The summed E-state index contributed by atoms with van der Waals surface area (Å²) in [6, 6.07) is 10.3. The van der Waals surface area contributed by atoms with Gasteiger partial charge >= 0.3 is 0 Å². The molecule has 0 saturated heterocycles. The van der Waals surface area contributed by atoms with Gasteiger partial charge in [0.05, 0.1) is 0 Å². The average Bonchev–Trinajstić information content (AvgIpc) is 2.64. The van der Waals surface area contributed by atoms with Gasteiger partial charge in [0.15, 0.2) is 0 Å². The van der Waals surface area contributed by atoms with E-state index in [1.165, 1.54) is 43.2 Å². The van der Waals surface area contributed by atoms with Crippen LogP contribution in [0.2, 0.25) is 0 Å². The Morgan fingerprint density at radius 3 is 2.20 bits per heavy atom. The second kappa shape index (κ2) is 7.26. The Balaban J connectivity index is 1.92. The van der Waals surface area contributed by atoms with Crippen LogP contribution in [0.25, 0.3) is 0 Å². The molecule has 1 aliphatic carbocycles. The van der Waals surface area contributed by atoms with E-state index in [-0.39, 0.29) is 0 Å². The van der Waals surface area contributed by atoms with Crippen molar-refractivity contribution in [3.63, 3.8) is 0 Å². The maximum Gasteiger partial charge on any atom is 0.0294 e. The Kier molecular flexibility index (Phi) is 5.65. The molecule has 0 bridgehead atoms. The molecule has 0 amide bonds. The van der Waals surface area contributed by atoms with Crippen LogP contribution in [-0.2, 0) is 0 Å². The summed E-state index contributed by atoms with van der Waals surface area (Å²) in [5, 5.41) is 3.84. The van der Waals surface area contributed by atoms with Gasteiger partial charge in [-0.1, -0.05) is 57.9 Å². The molecule has 1 aromatic rings. The molecular formula is C19H31N. The first-order chi connectivity index (χ1) is 9.56. The molecule has 0 spiro atoms. The van der Waals surface area contributed by atoms with Crippen LogP contribution in [0.15, 0.2) is 24.3 Å². The van der Waals surface area contributed by atoms with Crippen molar-refractivity contribution < 1.29 is 0 Å². The minimum Gasteiger partial charge on any atom is -0.307 e. The standard InChI is InChI=1S/C19H31N/c1-14(2)17-9-11-18(12-10-17)16(4)20-19-7-5-6-15(3)8-13-19/h9-12,14-16,19-20H,5-8,13H2,1-4H3. The predicted octanol–water partition coefficient (Wildman–Crippen LogP) is 5.43. The van der Waals surface area contributed by atoms with Crippen molar-refractivity contribution in [2.24, 2.45) is 5.92 Å². The molecule has 1 aliphatic rings. The number of hydrogen-bond acceptors (Lipinski definition) is 1. The smallest absolute Gasteiger partial charge is 0.0294 e. The molecule has 112 valence electrons. The van der Waals surface area contributed by atoms with Crippen LogP contribution < -0.4 is 5.32 Å². The van der Waals surface area contributed by atoms with Gasteiger partial charge in [-0.15, -0.1) is 0 Å². The molecule has 20 heavy (non-hydrogen) atoms. The highest BCUT2D eigenvalue weighted by Gasteiger charge is 2.18. The lowest BCUT2D eigenvalue weighted by molar-refractivity contribution is 0.408. The highest BCUT2D eigenvalue weighted by Crippen LogP contribution is 2.25. The molecule has 2 rings (SSSR count). The Morgan fingerprint density at radius 2 is 1.55 bits per heavy atom. The van der Waals surface area contributed by atoms with Crippen LogP contribution in [0.1, 0.15) is 82.9 Å². The predicted molar refractivity (Wildman–Crippen MR) is 88.1 cm³/mol. The number of hydrogen-bond donors (Lipinski definition) is 1. The van der Waals surface area contributed by atoms with Gasteiger partial charge in [-0.3, -0.25) is 0 Å². The van der Waals surface area contributed by atoms with Crippen molar-refractivity contribution in [1.29, 1.82) is 0 Å². The molecule has 0 aliphatic heterocycles. The molecule has 0 radical (unpaired) electrons. The first-order valence-electron chi connectivity index (χ1n) is 8.42. The quantitative estimate of drug-likeness (QED) is 0.721. The van der Waals surface area contributed by atoms with E-state index in [0.29, 0.717) is 18.0 Å². The van der Waals surface area contributed by atoms with Crippen molar-refractivity contribution in [3.05, 3.63) is 35.4 Å². The summed E-state index contributed by atoms with van der Waals surface area (Å²) >= 11 is 0. The summed E-state index contributed by atoms with van der Waals surface area (Å²) in [4.78, 5) is 0. The van der Waals surface area contributed by atoms with Crippen LogP contribution in [0, 0.1) is 5.92 Å². The molecule has 3 unspecified atom stereocenters. The molecule has 1 nitrogen and oxygen atoms in total. The lowest BCUT2D eigenvalue weighted by Gasteiger charge is -2.23. The Hall–Kier alpha value is -0.820. The summed E-state index contributed by atoms with van der Waals surface area (Å²) in [5.74, 6) is 1.54. The molecule has 0 heterocycles. The minimum atomic E-state index is 0.467. The Morgan fingerprint density at radius 1 is 0.900 bits per heavy atom. The van der Waals surface area contributed by atoms with Crippen LogP contribution in [-0.4, -0.2) is 6.04 Å². The van der Waals surface area contributed by atoms with Gasteiger partial charge in [-0.2, -0.15) is 0 Å². The van der Waals surface area contributed by atoms with Crippen molar-refractivity contribution in [3.8, 4) is 0 Å². The van der Waals surface area contributed by atoms with Crippen LogP contribution >= 0.6 is 0 Å². The van der Waals surface area contributed by atoms with E-state index in [1.54, 1.807) is 0 Å². The van der Waals surface area contributed by atoms with E-state index < -0.39 is 0 Å². The third kappa shape index (κ3) is 4.34. The number of benzene rings is 1. The zero-order chi connectivity index (χ0) is 14.5. The number of rotatable bonds is 4. The summed E-state index contributed by atoms with van der Waals surface area (Å²) in [6.45, 7) is 9.21. The second-order valence-corrected chi connectivity index (χ2v) is 7.02. The molecule has 3 atom stereocenters. The summed E-state index contributed by atoms with van der Waals surface area (Å²) < 4.78 is 0. The first kappa shape index (κ1) is 15.6. The van der Waals surface area contributed by atoms with Crippen molar-refractivity contribution in [2.45, 2.75) is 77.8 Å². The SMILES string of the molecule is CC1CCCC(NC(C)c2ccc(C(C)C)cc2)CC1. The molecule has 1 heteroatoms. The summed E-state index contributed by atoms with van der Waals surface area (Å²) in [6.07, 6.45) is 6.87. The Bertz CT molecular complexity index is 393. The summed E-state index contributed by atoms with van der Waals surface area (Å²) in [7, 11) is 0. The maximum absolute atomic E-state index is 3.84. The van der Waals surface area contributed by atoms with E-state index in [4.69, 9.17) is 0 Å². The van der Waals surface area contributed by atoms with E-state index in [2.05, 4.69) is 57.3 Å². The van der Waals surface area contributed by atoms with Gasteiger partial charge in [0.2, 0.25) is 0 Å². The van der Waals surface area contributed by atoms with E-state index in [9.17, 15) is 0 Å². The lowest BCUT2D eigenvalue weighted by atomic mass is 9.98. The molecule has 1 aromatic carbocycles. The van der Waals surface area contributed by atoms with E-state index in [1.807, 2.05) is 0 Å². The summed E-state index contributed by atoms with van der Waals surface area (Å²) in [5.41, 5.74) is 2.86. The van der Waals surface area contributed by atoms with E-state index in [0.717, 1.165) is 5.92 Å². The van der Waals surface area contributed by atoms with Gasteiger partial charge in [0.1, 0.15) is 0 Å². The third-order valence-electron chi connectivity index (χ3n) is 4.85. The van der Waals surface area contributed by atoms with Crippen molar-refractivity contribution >= 4 is 0 Å². The van der Waals surface area contributed by atoms with Gasteiger partial charge in [0, 0.05) is 12.1 Å². The van der Waals surface area contributed by atoms with Crippen LogP contribution in [0.3, 0.4) is 0 Å². The minimum absolute atomic E-state index is 0.467. The molecule has 1 saturated carbocycles. The highest BCUT2D eigenvalue weighted by molar-refractivity contribution is 5.26. The van der Waals surface area contributed by atoms with E-state index >= 15 is 0 Å². The lowest BCUT2D eigenvalue weighted by Crippen LogP contribution is -2.31. The van der Waals surface area contributed by atoms with Gasteiger partial charge in [0.25, 0.3) is 0 Å². The fourth-order valence-corrected chi connectivity index (χ4v) is 3.27. The van der Waals surface area contributed by atoms with Gasteiger partial charge in [-0.25, -0.2) is 0 Å². The Labute approximate surface area is 125 Å². The number of nitrogens with one attached hydrogen (secondary N) is 1.